The van der Waals surface area contributed by atoms with Gasteiger partial charge in [-0.1, -0.05) is 113 Å². The molecule has 4 amide bonds. The molecule has 14 nitrogen and oxygen atoms in total. The summed E-state index contributed by atoms with van der Waals surface area (Å²) in [6.07, 6.45) is 10.9. The number of hydrogen-bond acceptors (Lipinski definition) is 8. The zero-order valence-electron chi connectivity index (χ0n) is 43.2. The van der Waals surface area contributed by atoms with Crippen LogP contribution in [0.5, 0.6) is 11.5 Å². The van der Waals surface area contributed by atoms with E-state index in [1.54, 1.807) is 48.5 Å². The van der Waals surface area contributed by atoms with Gasteiger partial charge in [0.2, 0.25) is 11.8 Å². The highest BCUT2D eigenvalue weighted by Gasteiger charge is 2.42. The van der Waals surface area contributed by atoms with Crippen LogP contribution in [0.4, 0.5) is 9.59 Å². The molecular weight excluding hydrogens is 941 g/mol. The second-order valence-electron chi connectivity index (χ2n) is 21.9. The first-order chi connectivity index (χ1) is 36.4. The number of nitrogens with one attached hydrogen (secondary N) is 4. The maximum atomic E-state index is 14.2. The smallest absolute Gasteiger partial charge is 0.410 e. The Morgan fingerprint density at radius 3 is 1.76 bits per heavy atom. The third-order valence-electron chi connectivity index (χ3n) is 16.1. The highest BCUT2D eigenvalue weighted by molar-refractivity contribution is 5.89. The molecule has 386 valence electrons. The van der Waals surface area contributed by atoms with Gasteiger partial charge in [0.05, 0.1) is 35.0 Å². The molecule has 2 saturated heterocycles. The van der Waals surface area contributed by atoms with E-state index in [2.05, 4.69) is 75.2 Å². The summed E-state index contributed by atoms with van der Waals surface area (Å²) < 4.78 is 11.0. The summed E-state index contributed by atoms with van der Waals surface area (Å²) in [5, 5.41) is 5.68. The summed E-state index contributed by atoms with van der Waals surface area (Å²) >= 11 is 0. The third kappa shape index (κ3) is 10.3. The van der Waals surface area contributed by atoms with Gasteiger partial charge in [-0.2, -0.15) is 0 Å². The topological polar surface area (TPSA) is 175 Å². The normalized spacial score (nSPS) is 18.7. The summed E-state index contributed by atoms with van der Waals surface area (Å²) in [4.78, 5) is 75.0. The van der Waals surface area contributed by atoms with Crippen molar-refractivity contribution in [2.24, 2.45) is 17.3 Å². The Bertz CT molecular complexity index is 3220. The van der Waals surface area contributed by atoms with E-state index in [9.17, 15) is 19.2 Å². The highest BCUT2D eigenvalue weighted by atomic mass is 16.6. The number of amides is 4. The van der Waals surface area contributed by atoms with Crippen LogP contribution in [-0.4, -0.2) is 78.9 Å². The Morgan fingerprint density at radius 2 is 1.17 bits per heavy atom. The number of para-hydroxylation sites is 2. The van der Waals surface area contributed by atoms with Gasteiger partial charge < -0.3 is 39.9 Å². The molecule has 11 rings (SSSR count). The van der Waals surface area contributed by atoms with Gasteiger partial charge in [0, 0.05) is 13.1 Å². The fraction of sp³-hybridized carbons (Fsp3) is 0.377. The molecule has 1 saturated carbocycles. The van der Waals surface area contributed by atoms with E-state index in [-0.39, 0.29) is 35.7 Å². The van der Waals surface area contributed by atoms with Crippen LogP contribution in [-0.2, 0) is 22.4 Å². The van der Waals surface area contributed by atoms with Crippen LogP contribution in [0.25, 0.3) is 44.5 Å². The summed E-state index contributed by atoms with van der Waals surface area (Å²) in [5.74, 6) is 1.69. The predicted molar refractivity (Wildman–Crippen MR) is 289 cm³/mol. The molecule has 4 N–H and O–H groups in total. The summed E-state index contributed by atoms with van der Waals surface area (Å²) in [5.41, 5.74) is 11.5. The van der Waals surface area contributed by atoms with E-state index in [4.69, 9.17) is 19.4 Å². The molecule has 5 aromatic carbocycles. The van der Waals surface area contributed by atoms with E-state index in [0.29, 0.717) is 30.0 Å². The number of fused-ring (bicyclic) bond motifs is 2. The van der Waals surface area contributed by atoms with Crippen LogP contribution < -0.4 is 20.1 Å². The lowest BCUT2D eigenvalue weighted by Crippen LogP contribution is -2.51. The summed E-state index contributed by atoms with van der Waals surface area (Å²) in [6, 6.07) is 35.6. The van der Waals surface area contributed by atoms with E-state index in [1.165, 1.54) is 47.9 Å². The molecule has 2 aliphatic carbocycles. The standard InChI is InChI=1S/C61H66N8O6/c1-37(2)53(66-59(72)74-44-15-7-5-8-16-44)57(70)68-29-13-19-51(68)55-62-36-50(65-55)40-23-21-39(22-24-40)42-31-43-34-61(27-11-12-28-61)35-47(43)46(32-42)41-25-26-48-49(33-41)64-56(63-48)52-20-14-30-69(52)58(71)54(38(3)4)67-60(73)75-45-17-9-6-10-18-45/h5-10,15-18,21-26,31-33,36-38,51-54H,11-14,19-20,27-30,34-35H2,1-4H3,(H,62,65)(H,63,64)(H,66,72)(H,67,73)/t51-,52-,53-,54-/m0/s1. The minimum absolute atomic E-state index is 0.145. The van der Waals surface area contributed by atoms with E-state index < -0.39 is 24.3 Å². The van der Waals surface area contributed by atoms with Gasteiger partial charge in [0.1, 0.15) is 35.2 Å². The molecule has 2 aliphatic heterocycles. The lowest BCUT2D eigenvalue weighted by molar-refractivity contribution is -0.136. The molecular formula is C61H66N8O6. The average Bonchev–Trinajstić information content (AvgIpc) is 4.29. The van der Waals surface area contributed by atoms with Crippen molar-refractivity contribution in [2.75, 3.05) is 13.1 Å². The van der Waals surface area contributed by atoms with Crippen molar-refractivity contribution in [3.8, 4) is 45.0 Å². The van der Waals surface area contributed by atoms with Crippen molar-refractivity contribution in [1.29, 1.82) is 0 Å². The molecule has 0 unspecified atom stereocenters. The fourth-order valence-corrected chi connectivity index (χ4v) is 12.2. The Morgan fingerprint density at radius 1 is 0.613 bits per heavy atom. The first-order valence-corrected chi connectivity index (χ1v) is 26.9. The molecule has 4 aliphatic rings. The lowest BCUT2D eigenvalue weighted by atomic mass is 9.83. The van der Waals surface area contributed by atoms with Crippen LogP contribution in [0.2, 0.25) is 0 Å². The third-order valence-corrected chi connectivity index (χ3v) is 16.1. The molecule has 14 heteroatoms. The molecule has 1 spiro atoms. The minimum Gasteiger partial charge on any atom is -0.410 e. The van der Waals surface area contributed by atoms with Crippen LogP contribution >= 0.6 is 0 Å². The van der Waals surface area contributed by atoms with E-state index >= 15 is 0 Å². The van der Waals surface area contributed by atoms with Crippen LogP contribution in [0, 0.1) is 17.3 Å². The molecule has 75 heavy (non-hydrogen) atoms. The highest BCUT2D eigenvalue weighted by Crippen LogP contribution is 2.52. The fourth-order valence-electron chi connectivity index (χ4n) is 12.2. The molecule has 3 fully saturated rings. The number of rotatable bonds is 13. The molecule has 2 aromatic heterocycles. The number of aromatic amines is 2. The monoisotopic (exact) mass is 1010 g/mol. The van der Waals surface area contributed by atoms with Gasteiger partial charge in [0.25, 0.3) is 0 Å². The first-order valence-electron chi connectivity index (χ1n) is 26.9. The molecule has 7 aromatic rings. The number of carbonyl (C=O) groups is 4. The van der Waals surface area contributed by atoms with Gasteiger partial charge in [-0.3, -0.25) is 9.59 Å². The average molecular weight is 1010 g/mol. The Labute approximate surface area is 438 Å². The van der Waals surface area contributed by atoms with Gasteiger partial charge in [-0.05, 0) is 150 Å². The minimum atomic E-state index is -0.759. The van der Waals surface area contributed by atoms with Gasteiger partial charge >= 0.3 is 12.2 Å². The number of H-pyrrole nitrogens is 2. The van der Waals surface area contributed by atoms with Gasteiger partial charge in [-0.25, -0.2) is 19.6 Å². The second-order valence-corrected chi connectivity index (χ2v) is 21.9. The summed E-state index contributed by atoms with van der Waals surface area (Å²) in [7, 11) is 0. The molecule has 4 heterocycles. The second kappa shape index (κ2) is 20.9. The van der Waals surface area contributed by atoms with Crippen LogP contribution in [0.3, 0.4) is 0 Å². The first kappa shape index (κ1) is 49.5. The number of hydrogen-bond donors (Lipinski definition) is 4. The number of aromatic nitrogens is 4. The van der Waals surface area contributed by atoms with Gasteiger partial charge in [0.15, 0.2) is 0 Å². The van der Waals surface area contributed by atoms with Crippen LogP contribution in [0.1, 0.15) is 114 Å². The largest absolute Gasteiger partial charge is 0.413 e. The maximum absolute atomic E-state index is 14.2. The van der Waals surface area contributed by atoms with Crippen molar-refractivity contribution < 1.29 is 28.7 Å². The van der Waals surface area contributed by atoms with E-state index in [0.717, 1.165) is 83.6 Å². The number of ether oxygens (including phenoxy) is 2. The van der Waals surface area contributed by atoms with Gasteiger partial charge in [-0.15, -0.1) is 0 Å². The van der Waals surface area contributed by atoms with Crippen molar-refractivity contribution in [2.45, 2.75) is 116 Å². The Kier molecular flexibility index (Phi) is 13.8. The predicted octanol–water partition coefficient (Wildman–Crippen LogP) is 11.9. The molecule has 0 bridgehead atoms. The number of carbonyl (C=O) groups excluding carboxylic acids is 4. The van der Waals surface area contributed by atoms with Crippen molar-refractivity contribution in [3.05, 3.63) is 144 Å². The van der Waals surface area contributed by atoms with Crippen molar-refractivity contribution in [3.63, 3.8) is 0 Å². The summed E-state index contributed by atoms with van der Waals surface area (Å²) in [6.45, 7) is 8.86. The molecule has 4 atom stereocenters. The van der Waals surface area contributed by atoms with Crippen molar-refractivity contribution >= 4 is 35.0 Å². The van der Waals surface area contributed by atoms with E-state index in [1.807, 2.05) is 55.8 Å². The number of imidazole rings is 2. The number of likely N-dealkylation sites (tertiary alicyclic amines) is 2. The zero-order valence-corrected chi connectivity index (χ0v) is 43.2. The maximum Gasteiger partial charge on any atom is 0.413 e. The Hall–Kier alpha value is -7.74. The van der Waals surface area contributed by atoms with Crippen molar-refractivity contribution in [1.82, 2.24) is 40.4 Å². The number of nitrogens with zero attached hydrogens (tertiary/aromatic N) is 4. The van der Waals surface area contributed by atoms with Crippen LogP contribution in [0.15, 0.2) is 121 Å². The SMILES string of the molecule is CC(C)[C@H](NC(=O)Oc1ccccc1)C(=O)N1CCC[C@H]1c1ncc(-c2ccc(-c3cc4c(c(-c5ccc6nc([C@@H]7CCCN7C(=O)[C@@H](NC(=O)Oc7ccccc7)C(C)C)[nH]c6c5)c3)CC3(CCCC3)C4)cc2)[nH]1. The Balaban J connectivity index is 0.818. The molecule has 0 radical (unpaired) electrons. The zero-order chi connectivity index (χ0) is 51.8. The lowest BCUT2D eigenvalue weighted by Gasteiger charge is -2.30. The number of benzene rings is 5. The quantitative estimate of drug-likeness (QED) is 0.0883.